The lowest BCUT2D eigenvalue weighted by Gasteiger charge is -2.37. The van der Waals surface area contributed by atoms with Gasteiger partial charge in [-0.05, 0) is 19.9 Å². The molecular formula is C11H23NO3. The van der Waals surface area contributed by atoms with Crippen LogP contribution in [0.2, 0.25) is 0 Å². The van der Waals surface area contributed by atoms with E-state index in [9.17, 15) is 10.2 Å². The third kappa shape index (κ3) is 3.72. The van der Waals surface area contributed by atoms with Crippen molar-refractivity contribution in [1.29, 1.82) is 0 Å². The number of hydrogen-bond donors (Lipinski definition) is 3. The van der Waals surface area contributed by atoms with Crippen molar-refractivity contribution in [3.63, 3.8) is 0 Å². The molecule has 0 aliphatic carbocycles. The molecule has 1 saturated heterocycles. The van der Waals surface area contributed by atoms with Gasteiger partial charge in [-0.1, -0.05) is 19.8 Å². The minimum Gasteiger partial charge on any atom is -0.389 e. The van der Waals surface area contributed by atoms with Gasteiger partial charge in [-0.25, -0.2) is 0 Å². The standard InChI is InChI=1S/C11H23NO3/c1-3-4-5-6-12-10-8(2)15-7-9(13)11(10)14/h8-14H,3-7H2,1-2H3/t8-,9-,10-,11-/m1/s1. The summed E-state index contributed by atoms with van der Waals surface area (Å²) in [7, 11) is 0. The number of ether oxygens (including phenoxy) is 1. The van der Waals surface area contributed by atoms with Gasteiger partial charge in [0, 0.05) is 0 Å². The van der Waals surface area contributed by atoms with E-state index in [1.807, 2.05) is 6.92 Å². The van der Waals surface area contributed by atoms with E-state index in [0.717, 1.165) is 13.0 Å². The van der Waals surface area contributed by atoms with Gasteiger partial charge in [-0.3, -0.25) is 0 Å². The van der Waals surface area contributed by atoms with E-state index in [1.165, 1.54) is 12.8 Å². The van der Waals surface area contributed by atoms with Gasteiger partial charge in [0.2, 0.25) is 0 Å². The van der Waals surface area contributed by atoms with Crippen molar-refractivity contribution >= 4 is 0 Å². The Balaban J connectivity index is 2.29. The molecule has 4 atom stereocenters. The Morgan fingerprint density at radius 2 is 2.07 bits per heavy atom. The lowest BCUT2D eigenvalue weighted by Crippen LogP contribution is -2.58. The first-order valence-electron chi connectivity index (χ1n) is 5.88. The molecule has 0 bridgehead atoms. The van der Waals surface area contributed by atoms with Crippen LogP contribution in [-0.4, -0.2) is 47.7 Å². The van der Waals surface area contributed by atoms with Crippen molar-refractivity contribution in [1.82, 2.24) is 5.32 Å². The zero-order valence-electron chi connectivity index (χ0n) is 9.65. The second-order valence-electron chi connectivity index (χ2n) is 4.28. The summed E-state index contributed by atoms with van der Waals surface area (Å²) in [4.78, 5) is 0. The molecule has 1 rings (SSSR count). The van der Waals surface area contributed by atoms with E-state index in [-0.39, 0.29) is 18.8 Å². The second kappa shape index (κ2) is 6.43. The smallest absolute Gasteiger partial charge is 0.105 e. The number of rotatable bonds is 5. The Morgan fingerprint density at radius 3 is 2.73 bits per heavy atom. The van der Waals surface area contributed by atoms with Gasteiger partial charge >= 0.3 is 0 Å². The van der Waals surface area contributed by atoms with Gasteiger partial charge in [-0.2, -0.15) is 0 Å². The van der Waals surface area contributed by atoms with Crippen molar-refractivity contribution in [3.05, 3.63) is 0 Å². The third-order valence-corrected chi connectivity index (χ3v) is 2.96. The molecule has 0 radical (unpaired) electrons. The molecule has 1 aliphatic rings. The summed E-state index contributed by atoms with van der Waals surface area (Å²) in [6, 6.07) is -0.148. The molecule has 0 saturated carbocycles. The summed E-state index contributed by atoms with van der Waals surface area (Å²) < 4.78 is 5.36. The first-order chi connectivity index (χ1) is 7.16. The lowest BCUT2D eigenvalue weighted by molar-refractivity contribution is -0.135. The highest BCUT2D eigenvalue weighted by Crippen LogP contribution is 2.15. The van der Waals surface area contributed by atoms with Gasteiger partial charge < -0.3 is 20.3 Å². The van der Waals surface area contributed by atoms with Crippen LogP contribution < -0.4 is 5.32 Å². The van der Waals surface area contributed by atoms with E-state index in [2.05, 4.69) is 12.2 Å². The van der Waals surface area contributed by atoms with Crippen molar-refractivity contribution in [2.24, 2.45) is 0 Å². The molecule has 4 nitrogen and oxygen atoms in total. The van der Waals surface area contributed by atoms with Gasteiger partial charge in [0.15, 0.2) is 0 Å². The first kappa shape index (κ1) is 12.9. The Hall–Kier alpha value is -0.160. The molecule has 1 heterocycles. The van der Waals surface area contributed by atoms with Crippen LogP contribution in [0.4, 0.5) is 0 Å². The second-order valence-corrected chi connectivity index (χ2v) is 4.28. The zero-order chi connectivity index (χ0) is 11.3. The van der Waals surface area contributed by atoms with Crippen LogP contribution in [-0.2, 0) is 4.74 Å². The molecule has 1 aliphatic heterocycles. The molecule has 0 aromatic rings. The van der Waals surface area contributed by atoms with Crippen LogP contribution in [0.5, 0.6) is 0 Å². The van der Waals surface area contributed by atoms with Crippen molar-refractivity contribution in [2.75, 3.05) is 13.2 Å². The Bertz CT molecular complexity index is 177. The van der Waals surface area contributed by atoms with Crippen LogP contribution in [0.25, 0.3) is 0 Å². The number of aliphatic hydroxyl groups excluding tert-OH is 2. The maximum atomic E-state index is 9.77. The highest BCUT2D eigenvalue weighted by molar-refractivity contribution is 4.89. The van der Waals surface area contributed by atoms with Crippen LogP contribution in [0.1, 0.15) is 33.1 Å². The molecule has 15 heavy (non-hydrogen) atoms. The number of unbranched alkanes of at least 4 members (excludes halogenated alkanes) is 2. The van der Waals surface area contributed by atoms with Crippen LogP contribution in [0.3, 0.4) is 0 Å². The van der Waals surface area contributed by atoms with Crippen molar-refractivity contribution < 1.29 is 14.9 Å². The van der Waals surface area contributed by atoms with Crippen molar-refractivity contribution in [2.45, 2.75) is 57.5 Å². The number of aliphatic hydroxyl groups is 2. The van der Waals surface area contributed by atoms with Gasteiger partial charge in [0.1, 0.15) is 6.10 Å². The molecule has 3 N–H and O–H groups in total. The third-order valence-electron chi connectivity index (χ3n) is 2.96. The Morgan fingerprint density at radius 1 is 1.33 bits per heavy atom. The average Bonchev–Trinajstić information content (AvgIpc) is 2.23. The van der Waals surface area contributed by atoms with Gasteiger partial charge in [-0.15, -0.1) is 0 Å². The summed E-state index contributed by atoms with van der Waals surface area (Å²) in [6.07, 6.45) is 1.96. The average molecular weight is 217 g/mol. The molecule has 0 unspecified atom stereocenters. The highest BCUT2D eigenvalue weighted by atomic mass is 16.5. The van der Waals surface area contributed by atoms with E-state index >= 15 is 0 Å². The summed E-state index contributed by atoms with van der Waals surface area (Å²) in [5, 5.41) is 22.5. The molecule has 0 aromatic heterocycles. The predicted octanol–water partition coefficient (Wildman–Crippen LogP) is 0.275. The van der Waals surface area contributed by atoms with Gasteiger partial charge in [0.05, 0.1) is 24.9 Å². The maximum absolute atomic E-state index is 9.77. The van der Waals surface area contributed by atoms with Gasteiger partial charge in [0.25, 0.3) is 0 Å². The highest BCUT2D eigenvalue weighted by Gasteiger charge is 2.35. The SMILES string of the molecule is CCCCCN[C@H]1[C@H](O)[C@H](O)CO[C@@H]1C. The fourth-order valence-electron chi connectivity index (χ4n) is 1.90. The lowest BCUT2D eigenvalue weighted by atomic mass is 9.98. The summed E-state index contributed by atoms with van der Waals surface area (Å²) in [6.45, 7) is 5.18. The van der Waals surface area contributed by atoms with E-state index in [4.69, 9.17) is 4.74 Å². The minimum atomic E-state index is -0.759. The molecule has 4 heteroatoms. The van der Waals surface area contributed by atoms with Crippen LogP contribution in [0, 0.1) is 0 Å². The molecule has 0 spiro atoms. The Labute approximate surface area is 91.6 Å². The quantitative estimate of drug-likeness (QED) is 0.579. The zero-order valence-corrected chi connectivity index (χ0v) is 9.65. The topological polar surface area (TPSA) is 61.7 Å². The summed E-state index contributed by atoms with van der Waals surface area (Å²) in [5.74, 6) is 0. The molecule has 0 aromatic carbocycles. The summed E-state index contributed by atoms with van der Waals surface area (Å²) >= 11 is 0. The molecular weight excluding hydrogens is 194 g/mol. The van der Waals surface area contributed by atoms with E-state index in [1.54, 1.807) is 0 Å². The predicted molar refractivity (Wildman–Crippen MR) is 58.7 cm³/mol. The Kier molecular flexibility index (Phi) is 5.53. The van der Waals surface area contributed by atoms with E-state index < -0.39 is 12.2 Å². The maximum Gasteiger partial charge on any atom is 0.105 e. The molecule has 90 valence electrons. The molecule has 0 amide bonds. The first-order valence-corrected chi connectivity index (χ1v) is 5.88. The fraction of sp³-hybridized carbons (Fsp3) is 1.00. The van der Waals surface area contributed by atoms with E-state index in [0.29, 0.717) is 0 Å². The number of hydrogen-bond acceptors (Lipinski definition) is 4. The minimum absolute atomic E-state index is 0.0370. The number of nitrogens with one attached hydrogen (secondary N) is 1. The van der Waals surface area contributed by atoms with Crippen LogP contribution >= 0.6 is 0 Å². The monoisotopic (exact) mass is 217 g/mol. The summed E-state index contributed by atoms with van der Waals surface area (Å²) in [5.41, 5.74) is 0. The van der Waals surface area contributed by atoms with Crippen molar-refractivity contribution in [3.8, 4) is 0 Å². The normalized spacial score (nSPS) is 36.8. The fourth-order valence-corrected chi connectivity index (χ4v) is 1.90. The largest absolute Gasteiger partial charge is 0.389 e. The van der Waals surface area contributed by atoms with Crippen LogP contribution in [0.15, 0.2) is 0 Å². The molecule has 1 fully saturated rings.